The quantitative estimate of drug-likeness (QED) is 0.687. The highest BCUT2D eigenvalue weighted by molar-refractivity contribution is 5.16. The van der Waals surface area contributed by atoms with Crippen LogP contribution in [0.3, 0.4) is 0 Å². The van der Waals surface area contributed by atoms with E-state index in [1.54, 1.807) is 0 Å². The van der Waals surface area contributed by atoms with Gasteiger partial charge >= 0.3 is 0 Å². The van der Waals surface area contributed by atoms with Gasteiger partial charge in [0.05, 0.1) is 4.11 Å². The fourth-order valence-corrected chi connectivity index (χ4v) is 2.03. The zero-order valence-electron chi connectivity index (χ0n) is 17.0. The molecule has 0 saturated carbocycles. The number of hydrogen-bond acceptors (Lipinski definition) is 1. The average molecular weight is 259 g/mol. The number of hydrogen-bond donors (Lipinski definition) is 0. The fraction of sp³-hybridized carbons (Fsp3) is 0.333. The van der Waals surface area contributed by atoms with E-state index in [1.807, 2.05) is 30.3 Å². The van der Waals surface area contributed by atoms with Crippen molar-refractivity contribution in [3.8, 4) is 0 Å². The van der Waals surface area contributed by atoms with Crippen LogP contribution in [0.5, 0.6) is 0 Å². The van der Waals surface area contributed by atoms with Crippen LogP contribution in [0.25, 0.3) is 0 Å². The predicted octanol–water partition coefficient (Wildman–Crippen LogP) is 4.34. The van der Waals surface area contributed by atoms with Crippen LogP contribution in [-0.4, -0.2) is 16.9 Å². The van der Waals surface area contributed by atoms with Crippen molar-refractivity contribution in [2.24, 2.45) is 0 Å². The van der Waals surface area contributed by atoms with Gasteiger partial charge in [0.15, 0.2) is 0 Å². The molecular formula is C18H23N. The van der Waals surface area contributed by atoms with E-state index in [4.69, 9.17) is 8.22 Å². The summed E-state index contributed by atoms with van der Waals surface area (Å²) >= 11 is 0. The molecule has 1 aliphatic heterocycles. The van der Waals surface area contributed by atoms with Gasteiger partial charge in [-0.25, -0.2) is 0 Å². The van der Waals surface area contributed by atoms with Gasteiger partial charge in [-0.1, -0.05) is 54.6 Å². The second kappa shape index (κ2) is 7.10. The summed E-state index contributed by atoms with van der Waals surface area (Å²) in [7, 11) is 0. The first kappa shape index (κ1) is 7.86. The van der Waals surface area contributed by atoms with Crippen LogP contribution >= 0.6 is 0 Å². The molecule has 0 N–H and O–H groups in total. The molecule has 19 heavy (non-hydrogen) atoms. The van der Waals surface area contributed by atoms with Gasteiger partial charge in [0.2, 0.25) is 0 Å². The second-order valence-electron chi connectivity index (χ2n) is 4.33. The molecule has 2 atom stereocenters. The monoisotopic (exact) mass is 259 g/mol. The molecule has 0 bridgehead atoms. The van der Waals surface area contributed by atoms with Crippen molar-refractivity contribution in [1.82, 2.24) is 4.90 Å². The predicted molar refractivity (Wildman–Crippen MR) is 82.9 cm³/mol. The van der Waals surface area contributed by atoms with Crippen LogP contribution in [0.2, 0.25) is 0 Å². The topological polar surface area (TPSA) is 3.24 Å². The largest absolute Gasteiger partial charge is 0.289 e. The maximum absolute atomic E-state index is 8.87. The molecule has 1 aliphatic rings. The summed E-state index contributed by atoms with van der Waals surface area (Å²) in [5, 5.41) is 0. The Morgan fingerprint density at radius 3 is 2.74 bits per heavy atom. The minimum absolute atomic E-state index is 0.0227. The van der Waals surface area contributed by atoms with Gasteiger partial charge in [0, 0.05) is 22.7 Å². The highest BCUT2D eigenvalue weighted by Crippen LogP contribution is 2.24. The third kappa shape index (κ3) is 3.68. The van der Waals surface area contributed by atoms with E-state index in [1.165, 1.54) is 17.1 Å². The second-order valence-corrected chi connectivity index (χ2v) is 4.33. The molecule has 0 spiro atoms. The van der Waals surface area contributed by atoms with Gasteiger partial charge in [-0.15, -0.1) is 13.2 Å². The molecule has 1 nitrogen and oxygen atoms in total. The van der Waals surface area contributed by atoms with Crippen molar-refractivity contribution < 1.29 is 8.22 Å². The molecule has 1 aromatic carbocycles. The lowest BCUT2D eigenvalue weighted by molar-refractivity contribution is 0.142. The molecule has 0 saturated heterocycles. The Balaban J connectivity index is 2.69. The molecule has 0 radical (unpaired) electrons. The maximum Gasteiger partial charge on any atom is 0.0589 e. The molecule has 100 valence electrons. The first-order valence-corrected chi connectivity index (χ1v) is 6.37. The van der Waals surface area contributed by atoms with E-state index >= 15 is 0 Å². The van der Waals surface area contributed by atoms with Gasteiger partial charge in [0.25, 0.3) is 0 Å². The van der Waals surface area contributed by atoms with Crippen LogP contribution in [0, 0.1) is 0 Å². The minimum atomic E-state index is -2.40. The van der Waals surface area contributed by atoms with E-state index < -0.39 is 30.5 Å². The lowest BCUT2D eigenvalue weighted by Gasteiger charge is -2.39. The highest BCUT2D eigenvalue weighted by atomic mass is 15.2. The lowest BCUT2D eigenvalue weighted by Crippen LogP contribution is -2.43. The van der Waals surface area contributed by atoms with Crippen LogP contribution in [-0.2, 0) is 6.54 Å². The molecule has 2 unspecified atom stereocenters. The van der Waals surface area contributed by atoms with E-state index in [2.05, 4.69) is 13.2 Å². The van der Waals surface area contributed by atoms with Gasteiger partial charge in [0.1, 0.15) is 0 Å². The normalized spacial score (nSPS) is 39.2. The van der Waals surface area contributed by atoms with Crippen LogP contribution in [0.15, 0.2) is 67.7 Å². The SMILES string of the molecule is [2H]C1=C([2H])C([2H])([2H])C([2H])(CC=C)N(Cc2ccccc2)C1([2H])CC=C. The standard InChI is InChI=1S/C18H23N/c1-3-9-17-13-8-14-18(10-4-2)19(17)15-16-11-6-5-7-12-16/h3-8,11-13,17-18H,1-2,9-10,14-15H2/i8D,13D,14D2,17D,18D. The Labute approximate surface area is 125 Å². The Morgan fingerprint density at radius 1 is 1.32 bits per heavy atom. The summed E-state index contributed by atoms with van der Waals surface area (Å²) < 4.78 is 50.8. The molecule has 1 heterocycles. The maximum atomic E-state index is 8.87. The third-order valence-corrected chi connectivity index (χ3v) is 2.92. The van der Waals surface area contributed by atoms with Crippen molar-refractivity contribution in [3.05, 3.63) is 73.3 Å². The highest BCUT2D eigenvalue weighted by Gasteiger charge is 2.25. The van der Waals surface area contributed by atoms with Gasteiger partial charge in [-0.05, 0) is 24.8 Å². The average Bonchev–Trinajstić information content (AvgIpc) is 2.58. The minimum Gasteiger partial charge on any atom is -0.289 e. The van der Waals surface area contributed by atoms with E-state index in [-0.39, 0.29) is 19.4 Å². The van der Waals surface area contributed by atoms with Crippen molar-refractivity contribution in [2.45, 2.75) is 37.8 Å². The smallest absolute Gasteiger partial charge is 0.0589 e. The lowest BCUT2D eigenvalue weighted by atomic mass is 9.97. The Bertz CT molecular complexity index is 686. The van der Waals surface area contributed by atoms with Crippen LogP contribution in [0.1, 0.15) is 33.0 Å². The number of nitrogens with zero attached hydrogens (tertiary/aromatic N) is 1. The zero-order chi connectivity index (χ0) is 18.9. The van der Waals surface area contributed by atoms with Gasteiger partial charge < -0.3 is 0 Å². The zero-order valence-corrected chi connectivity index (χ0v) is 11.0. The Hall–Kier alpha value is -1.60. The third-order valence-electron chi connectivity index (χ3n) is 2.92. The Kier molecular flexibility index (Phi) is 2.94. The Morgan fingerprint density at radius 2 is 2.05 bits per heavy atom. The van der Waals surface area contributed by atoms with E-state index in [0.29, 0.717) is 0 Å². The number of benzene rings is 1. The molecule has 1 aromatic rings. The van der Waals surface area contributed by atoms with Gasteiger partial charge in [-0.3, -0.25) is 4.90 Å². The molecule has 2 rings (SSSR count). The molecule has 0 amide bonds. The van der Waals surface area contributed by atoms with Crippen molar-refractivity contribution >= 4 is 0 Å². The fourth-order valence-electron chi connectivity index (χ4n) is 2.03. The molecule has 1 heteroatoms. The summed E-state index contributed by atoms with van der Waals surface area (Å²) in [5.74, 6) is 0. The summed E-state index contributed by atoms with van der Waals surface area (Å²) in [6.07, 6.45) is 0.454. The van der Waals surface area contributed by atoms with Crippen molar-refractivity contribution in [1.29, 1.82) is 0 Å². The van der Waals surface area contributed by atoms with Crippen molar-refractivity contribution in [2.75, 3.05) is 0 Å². The van der Waals surface area contributed by atoms with Crippen LogP contribution in [0.4, 0.5) is 0 Å². The van der Waals surface area contributed by atoms with Crippen molar-refractivity contribution in [3.63, 3.8) is 0 Å². The summed E-state index contributed by atoms with van der Waals surface area (Å²) in [6.45, 7) is 7.38. The summed E-state index contributed by atoms with van der Waals surface area (Å²) in [5.41, 5.74) is 0.806. The molecule has 0 fully saturated rings. The summed E-state index contributed by atoms with van der Waals surface area (Å²) in [4.78, 5) is 1.36. The van der Waals surface area contributed by atoms with E-state index in [9.17, 15) is 0 Å². The molecular weight excluding hydrogens is 230 g/mol. The summed E-state index contributed by atoms with van der Waals surface area (Å²) in [6, 6.07) is 4.49. The first-order valence-electron chi connectivity index (χ1n) is 9.37. The van der Waals surface area contributed by atoms with E-state index in [0.717, 1.165) is 5.56 Å². The number of rotatable bonds is 6. The first-order chi connectivity index (χ1) is 11.6. The molecule has 0 aliphatic carbocycles. The molecule has 0 aromatic heterocycles. The van der Waals surface area contributed by atoms with Gasteiger partial charge in [-0.2, -0.15) is 0 Å². The van der Waals surface area contributed by atoms with Crippen LogP contribution < -0.4 is 0 Å².